The molecule has 0 fully saturated rings. The van der Waals surface area contributed by atoms with Crippen LogP contribution in [0.15, 0.2) is 93.2 Å². The summed E-state index contributed by atoms with van der Waals surface area (Å²) in [6.07, 6.45) is 4.67. The van der Waals surface area contributed by atoms with Gasteiger partial charge in [0, 0.05) is 30.3 Å². The SMILES string of the molecule is O=C1C(=Cc2ccco2)N=C2C(Cc3ccccc3)=NC(c3cccc([N+](=O)[O-])c3F)=CN12. The molecule has 0 N–H and O–H groups in total. The summed E-state index contributed by atoms with van der Waals surface area (Å²) in [5.41, 5.74) is 0.826. The fourth-order valence-corrected chi connectivity index (χ4v) is 3.60. The second-order valence-corrected chi connectivity index (χ2v) is 7.29. The largest absolute Gasteiger partial charge is 0.465 e. The van der Waals surface area contributed by atoms with Gasteiger partial charge in [-0.3, -0.25) is 19.8 Å². The number of amides is 1. The Morgan fingerprint density at radius 1 is 1.06 bits per heavy atom. The number of hydrogen-bond acceptors (Lipinski definition) is 6. The first-order chi connectivity index (χ1) is 16.0. The second-order valence-electron chi connectivity index (χ2n) is 7.29. The molecule has 162 valence electrons. The first-order valence-corrected chi connectivity index (χ1v) is 9.95. The van der Waals surface area contributed by atoms with E-state index in [4.69, 9.17) is 4.42 Å². The van der Waals surface area contributed by atoms with Crippen LogP contribution in [0, 0.1) is 15.9 Å². The van der Waals surface area contributed by atoms with Crippen LogP contribution in [-0.2, 0) is 11.2 Å². The van der Waals surface area contributed by atoms with E-state index in [0.717, 1.165) is 11.6 Å². The zero-order chi connectivity index (χ0) is 22.9. The lowest BCUT2D eigenvalue weighted by atomic mass is 10.0. The zero-order valence-corrected chi connectivity index (χ0v) is 17.0. The first-order valence-electron chi connectivity index (χ1n) is 9.95. The maximum atomic E-state index is 14.9. The lowest BCUT2D eigenvalue weighted by molar-refractivity contribution is -0.387. The van der Waals surface area contributed by atoms with Crippen molar-refractivity contribution in [3.05, 3.63) is 112 Å². The van der Waals surface area contributed by atoms with Crippen LogP contribution in [0.3, 0.4) is 0 Å². The highest BCUT2D eigenvalue weighted by Crippen LogP contribution is 2.32. The van der Waals surface area contributed by atoms with Gasteiger partial charge in [0.25, 0.3) is 5.91 Å². The molecule has 0 unspecified atom stereocenters. The smallest absolute Gasteiger partial charge is 0.305 e. The van der Waals surface area contributed by atoms with Gasteiger partial charge in [-0.05, 0) is 23.8 Å². The van der Waals surface area contributed by atoms with Crippen molar-refractivity contribution < 1.29 is 18.5 Å². The molecule has 2 aliphatic heterocycles. The Morgan fingerprint density at radius 2 is 1.88 bits per heavy atom. The average molecular weight is 442 g/mol. The number of nitro benzene ring substituents is 1. The van der Waals surface area contributed by atoms with Gasteiger partial charge in [-0.1, -0.05) is 36.4 Å². The number of amidine groups is 1. The van der Waals surface area contributed by atoms with Gasteiger partial charge in [-0.2, -0.15) is 4.39 Å². The summed E-state index contributed by atoms with van der Waals surface area (Å²) in [7, 11) is 0. The van der Waals surface area contributed by atoms with Gasteiger partial charge in [-0.15, -0.1) is 0 Å². The highest BCUT2D eigenvalue weighted by molar-refractivity contribution is 6.48. The first kappa shape index (κ1) is 20.3. The highest BCUT2D eigenvalue weighted by Gasteiger charge is 2.36. The van der Waals surface area contributed by atoms with E-state index in [9.17, 15) is 19.3 Å². The molecule has 0 saturated carbocycles. The summed E-state index contributed by atoms with van der Waals surface area (Å²) in [6.45, 7) is 0. The van der Waals surface area contributed by atoms with Gasteiger partial charge in [0.15, 0.2) is 5.84 Å². The van der Waals surface area contributed by atoms with Crippen molar-refractivity contribution in [2.45, 2.75) is 6.42 Å². The van der Waals surface area contributed by atoms with E-state index in [1.54, 1.807) is 12.1 Å². The molecule has 1 amide bonds. The van der Waals surface area contributed by atoms with E-state index in [1.807, 2.05) is 30.3 Å². The molecule has 0 aliphatic carbocycles. The summed E-state index contributed by atoms with van der Waals surface area (Å²) in [4.78, 5) is 33.8. The van der Waals surface area contributed by atoms with E-state index in [-0.39, 0.29) is 17.0 Å². The number of furan rings is 1. The molecule has 0 atom stereocenters. The third-order valence-electron chi connectivity index (χ3n) is 5.14. The number of fused-ring (bicyclic) bond motifs is 1. The van der Waals surface area contributed by atoms with Crippen molar-refractivity contribution in [3.8, 4) is 0 Å². The third kappa shape index (κ3) is 3.76. The van der Waals surface area contributed by atoms with Crippen molar-refractivity contribution in [1.29, 1.82) is 0 Å². The van der Waals surface area contributed by atoms with Gasteiger partial charge in [-0.25, -0.2) is 9.98 Å². The van der Waals surface area contributed by atoms with Crippen LogP contribution < -0.4 is 0 Å². The fourth-order valence-electron chi connectivity index (χ4n) is 3.60. The maximum absolute atomic E-state index is 14.9. The standard InChI is InChI=1S/C24H15FN4O4/c25-22-17(9-4-10-21(22)29(31)32)20-14-28-23(18(26-20)12-15-6-2-1-3-7-15)27-19(24(28)30)13-16-8-5-11-33-16/h1-11,13-14H,12H2. The number of carbonyl (C=O) groups excluding carboxylic acids is 1. The molecule has 9 heteroatoms. The molecule has 0 spiro atoms. The molecule has 0 saturated heterocycles. The van der Waals surface area contributed by atoms with Crippen LogP contribution in [0.2, 0.25) is 0 Å². The summed E-state index contributed by atoms with van der Waals surface area (Å²) in [5, 5.41) is 11.2. The Hall–Kier alpha value is -4.66. The molecule has 2 aromatic carbocycles. The Balaban J connectivity index is 1.62. The lowest BCUT2D eigenvalue weighted by Gasteiger charge is -2.22. The van der Waals surface area contributed by atoms with E-state index in [0.29, 0.717) is 23.7 Å². The zero-order valence-electron chi connectivity index (χ0n) is 17.0. The Bertz CT molecular complexity index is 1390. The molecule has 0 bridgehead atoms. The van der Waals surface area contributed by atoms with Gasteiger partial charge < -0.3 is 4.42 Å². The van der Waals surface area contributed by atoms with Crippen molar-refractivity contribution in [2.24, 2.45) is 9.98 Å². The predicted octanol–water partition coefficient (Wildman–Crippen LogP) is 4.60. The molecule has 1 aromatic heterocycles. The summed E-state index contributed by atoms with van der Waals surface area (Å²) in [5.74, 6) is -0.686. The number of carbonyl (C=O) groups is 1. The van der Waals surface area contributed by atoms with Crippen molar-refractivity contribution in [3.63, 3.8) is 0 Å². The molecular formula is C24H15FN4O4. The van der Waals surface area contributed by atoms with Crippen LogP contribution in [0.1, 0.15) is 16.9 Å². The Labute approximate surface area is 186 Å². The normalized spacial score (nSPS) is 16.4. The molecule has 3 aromatic rings. The number of hydrogen-bond donors (Lipinski definition) is 0. The number of nitrogens with zero attached hydrogens (tertiary/aromatic N) is 4. The summed E-state index contributed by atoms with van der Waals surface area (Å²) in [6, 6.07) is 16.6. The lowest BCUT2D eigenvalue weighted by Crippen LogP contribution is -2.36. The minimum Gasteiger partial charge on any atom is -0.465 e. The molecule has 2 aliphatic rings. The average Bonchev–Trinajstić information content (AvgIpc) is 3.43. The minimum absolute atomic E-state index is 0.0786. The monoisotopic (exact) mass is 442 g/mol. The van der Waals surface area contributed by atoms with Crippen LogP contribution in [-0.4, -0.2) is 27.3 Å². The molecular weight excluding hydrogens is 427 g/mol. The molecule has 0 radical (unpaired) electrons. The molecule has 8 nitrogen and oxygen atoms in total. The van der Waals surface area contributed by atoms with Gasteiger partial charge >= 0.3 is 5.69 Å². The number of nitro groups is 1. The van der Waals surface area contributed by atoms with Crippen molar-refractivity contribution in [1.82, 2.24) is 4.90 Å². The van der Waals surface area contributed by atoms with Gasteiger partial charge in [0.1, 0.15) is 11.5 Å². The van der Waals surface area contributed by atoms with Gasteiger partial charge in [0.2, 0.25) is 5.82 Å². The number of halogens is 1. The summed E-state index contributed by atoms with van der Waals surface area (Å²) >= 11 is 0. The number of rotatable bonds is 5. The van der Waals surface area contributed by atoms with Crippen molar-refractivity contribution in [2.75, 3.05) is 0 Å². The van der Waals surface area contributed by atoms with Crippen LogP contribution in [0.5, 0.6) is 0 Å². The Morgan fingerprint density at radius 3 is 2.61 bits per heavy atom. The van der Waals surface area contributed by atoms with Crippen LogP contribution >= 0.6 is 0 Å². The van der Waals surface area contributed by atoms with Crippen molar-refractivity contribution >= 4 is 34.9 Å². The topological polar surface area (TPSA) is 101 Å². The van der Waals surface area contributed by atoms with Crippen LogP contribution in [0.25, 0.3) is 11.8 Å². The fraction of sp³-hybridized carbons (Fsp3) is 0.0417. The van der Waals surface area contributed by atoms with E-state index < -0.39 is 22.3 Å². The highest BCUT2D eigenvalue weighted by atomic mass is 19.1. The Kier molecular flexibility index (Phi) is 4.98. The third-order valence-corrected chi connectivity index (χ3v) is 5.14. The summed E-state index contributed by atoms with van der Waals surface area (Å²) < 4.78 is 20.2. The quantitative estimate of drug-likeness (QED) is 0.327. The van der Waals surface area contributed by atoms with Gasteiger partial charge in [0.05, 0.1) is 22.6 Å². The van der Waals surface area contributed by atoms with Crippen LogP contribution in [0.4, 0.5) is 10.1 Å². The second kappa shape index (κ2) is 8.12. The minimum atomic E-state index is -1.02. The number of benzene rings is 2. The van der Waals surface area contributed by atoms with E-state index >= 15 is 0 Å². The maximum Gasteiger partial charge on any atom is 0.305 e. The molecule has 5 rings (SSSR count). The number of aliphatic imine (C=N–C) groups is 2. The van der Waals surface area contributed by atoms with E-state index in [2.05, 4.69) is 9.98 Å². The molecule has 3 heterocycles. The van der Waals surface area contributed by atoms with E-state index in [1.165, 1.54) is 35.6 Å². The molecule has 33 heavy (non-hydrogen) atoms. The predicted molar refractivity (Wildman–Crippen MR) is 120 cm³/mol.